The van der Waals surface area contributed by atoms with Crippen LogP contribution < -0.4 is 20.7 Å². The third kappa shape index (κ3) is 6.21. The van der Waals surface area contributed by atoms with Crippen molar-refractivity contribution < 1.29 is 28.9 Å². The highest BCUT2D eigenvalue weighted by molar-refractivity contribution is 7.00. The highest BCUT2D eigenvalue weighted by atomic mass is 28.4. The van der Waals surface area contributed by atoms with Gasteiger partial charge in [-0.25, -0.2) is 0 Å². The number of aliphatic hydroxyl groups excluding tert-OH is 3. The molecule has 1 heterocycles. The molecule has 0 aromatic heterocycles. The molecule has 0 bridgehead atoms. The average molecular weight is 657 g/mol. The van der Waals surface area contributed by atoms with E-state index in [0.717, 1.165) is 20.7 Å². The maximum Gasteiger partial charge on any atom is 0.261 e. The molecule has 1 aliphatic heterocycles. The zero-order valence-electron chi connectivity index (χ0n) is 27.7. The van der Waals surface area contributed by atoms with Crippen LogP contribution in [0.3, 0.4) is 0 Å². The Bertz CT molecular complexity index is 1340. The summed E-state index contributed by atoms with van der Waals surface area (Å²) < 4.78 is 21.0. The van der Waals surface area contributed by atoms with Crippen LogP contribution in [0.1, 0.15) is 41.5 Å². The van der Waals surface area contributed by atoms with Crippen molar-refractivity contribution in [2.24, 2.45) is 0 Å². The van der Waals surface area contributed by atoms with Gasteiger partial charge in [0, 0.05) is 0 Å². The number of rotatable bonds is 9. The maximum atomic E-state index is 11.9. The molecule has 5 atom stereocenters. The molecule has 1 fully saturated rings. The van der Waals surface area contributed by atoms with Gasteiger partial charge < -0.3 is 28.9 Å². The summed E-state index contributed by atoms with van der Waals surface area (Å²) in [5, 5.41) is 37.1. The summed E-state index contributed by atoms with van der Waals surface area (Å²) in [5.74, 6) is 0. The van der Waals surface area contributed by atoms with Gasteiger partial charge in [-0.2, -0.15) is 0 Å². The molecule has 3 N–H and O–H groups in total. The third-order valence-corrected chi connectivity index (χ3v) is 19.3. The standard InChI is InChI=1S/C38H48O6Si2/c1-37(2,3)45(28-19-11-7-12-20-28,29-21-13-8-14-22-29)43-34-32(27-39)42-36(41)33(40)35(34)44-46(38(4,5)6,30-23-15-9-16-24-30)31-25-17-10-18-26-31/h7-26,32-36,39-41H,27H2,1-6H3/t32-,33-,34-,35-,36+/m1/s1. The topological polar surface area (TPSA) is 88.4 Å². The van der Waals surface area contributed by atoms with E-state index in [1.807, 2.05) is 72.8 Å². The molecule has 0 aliphatic carbocycles. The first kappa shape index (κ1) is 34.4. The van der Waals surface area contributed by atoms with Gasteiger partial charge >= 0.3 is 0 Å². The second-order valence-corrected chi connectivity index (χ2v) is 22.7. The zero-order chi connectivity index (χ0) is 33.2. The fourth-order valence-electron chi connectivity index (χ4n) is 7.12. The van der Waals surface area contributed by atoms with Crippen molar-refractivity contribution in [3.63, 3.8) is 0 Å². The molecule has 0 amide bonds. The SMILES string of the molecule is CC(C)(C)[Si](O[C@@H]1[C@@H](O)[C@@H](O)O[C@H](CO)[C@H]1O[Si](c1ccccc1)(c1ccccc1)C(C)(C)C)(c1ccccc1)c1ccccc1. The molecule has 5 rings (SSSR count). The van der Waals surface area contributed by atoms with Gasteiger partial charge in [-0.05, 0) is 30.8 Å². The Morgan fingerprint density at radius 2 is 0.848 bits per heavy atom. The van der Waals surface area contributed by atoms with E-state index in [0.29, 0.717) is 0 Å². The number of ether oxygens (including phenoxy) is 1. The summed E-state index contributed by atoms with van der Waals surface area (Å²) in [5.41, 5.74) is 0. The molecule has 46 heavy (non-hydrogen) atoms. The minimum Gasteiger partial charge on any atom is -0.399 e. The van der Waals surface area contributed by atoms with Gasteiger partial charge in [0.05, 0.1) is 6.61 Å². The first-order valence-corrected chi connectivity index (χ1v) is 19.9. The lowest BCUT2D eigenvalue weighted by Crippen LogP contribution is -2.75. The Balaban J connectivity index is 1.76. The average Bonchev–Trinajstić information content (AvgIpc) is 3.05. The normalized spacial score (nSPS) is 22.8. The summed E-state index contributed by atoms with van der Waals surface area (Å²) in [6.45, 7) is 12.6. The molecule has 1 aliphatic rings. The Morgan fingerprint density at radius 1 is 0.543 bits per heavy atom. The van der Waals surface area contributed by atoms with Crippen LogP contribution in [0, 0.1) is 0 Å². The zero-order valence-corrected chi connectivity index (χ0v) is 29.7. The van der Waals surface area contributed by atoms with Crippen molar-refractivity contribution in [3.8, 4) is 0 Å². The van der Waals surface area contributed by atoms with E-state index < -0.39 is 64.0 Å². The Morgan fingerprint density at radius 3 is 1.13 bits per heavy atom. The smallest absolute Gasteiger partial charge is 0.261 e. The number of aliphatic hydroxyl groups is 3. The molecule has 1 saturated heterocycles. The van der Waals surface area contributed by atoms with E-state index in [1.165, 1.54) is 0 Å². The summed E-state index contributed by atoms with van der Waals surface area (Å²) in [6, 6.07) is 40.9. The predicted molar refractivity (Wildman–Crippen MR) is 189 cm³/mol. The van der Waals surface area contributed by atoms with E-state index in [-0.39, 0.29) is 0 Å². The van der Waals surface area contributed by atoms with Gasteiger partial charge in [-0.1, -0.05) is 163 Å². The lowest BCUT2D eigenvalue weighted by molar-refractivity contribution is -0.280. The van der Waals surface area contributed by atoms with Crippen molar-refractivity contribution in [3.05, 3.63) is 121 Å². The van der Waals surface area contributed by atoms with Gasteiger partial charge in [-0.3, -0.25) is 0 Å². The molecule has 4 aromatic rings. The van der Waals surface area contributed by atoms with Crippen molar-refractivity contribution in [2.45, 2.75) is 82.3 Å². The van der Waals surface area contributed by atoms with Crippen LogP contribution in [0.15, 0.2) is 121 Å². The summed E-state index contributed by atoms with van der Waals surface area (Å²) in [4.78, 5) is 0. The summed E-state index contributed by atoms with van der Waals surface area (Å²) >= 11 is 0. The van der Waals surface area contributed by atoms with Gasteiger partial charge in [0.15, 0.2) is 6.29 Å². The van der Waals surface area contributed by atoms with E-state index in [2.05, 4.69) is 90.1 Å². The fraction of sp³-hybridized carbons (Fsp3) is 0.368. The summed E-state index contributed by atoms with van der Waals surface area (Å²) in [6.07, 6.45) is -5.92. The van der Waals surface area contributed by atoms with Crippen LogP contribution in [0.2, 0.25) is 10.1 Å². The van der Waals surface area contributed by atoms with E-state index in [4.69, 9.17) is 13.6 Å². The molecule has 0 radical (unpaired) electrons. The second-order valence-electron chi connectivity index (χ2n) is 14.2. The lowest BCUT2D eigenvalue weighted by atomic mass is 9.99. The first-order valence-electron chi connectivity index (χ1n) is 16.1. The molecule has 8 heteroatoms. The molecule has 0 spiro atoms. The summed E-state index contributed by atoms with van der Waals surface area (Å²) in [7, 11) is -6.46. The highest BCUT2D eigenvalue weighted by Gasteiger charge is 2.59. The number of hydrogen-bond acceptors (Lipinski definition) is 6. The molecule has 0 unspecified atom stereocenters. The molecule has 244 valence electrons. The molecule has 4 aromatic carbocycles. The van der Waals surface area contributed by atoms with Crippen LogP contribution in [-0.4, -0.2) is 69.3 Å². The quantitative estimate of drug-likeness (QED) is 0.237. The first-order chi connectivity index (χ1) is 21.9. The van der Waals surface area contributed by atoms with Crippen molar-refractivity contribution in [1.82, 2.24) is 0 Å². The van der Waals surface area contributed by atoms with Gasteiger partial charge in [0.25, 0.3) is 16.6 Å². The van der Waals surface area contributed by atoms with E-state index >= 15 is 0 Å². The highest BCUT2D eigenvalue weighted by Crippen LogP contribution is 2.43. The fourth-order valence-corrected chi connectivity index (χ4v) is 16.5. The largest absolute Gasteiger partial charge is 0.399 e. The Kier molecular flexibility index (Phi) is 10.2. The van der Waals surface area contributed by atoms with Crippen molar-refractivity contribution in [1.29, 1.82) is 0 Å². The van der Waals surface area contributed by atoms with E-state index in [9.17, 15) is 15.3 Å². The third-order valence-electron chi connectivity index (χ3n) is 9.27. The Labute approximate surface area is 275 Å². The van der Waals surface area contributed by atoms with Gasteiger partial charge in [0.1, 0.15) is 24.4 Å². The monoisotopic (exact) mass is 656 g/mol. The van der Waals surface area contributed by atoms with Gasteiger partial charge in [0.2, 0.25) is 0 Å². The minimum atomic E-state index is -3.24. The number of benzene rings is 4. The van der Waals surface area contributed by atoms with Crippen LogP contribution in [-0.2, 0) is 13.6 Å². The van der Waals surface area contributed by atoms with Crippen molar-refractivity contribution >= 4 is 37.4 Å². The minimum absolute atomic E-state index is 0.390. The van der Waals surface area contributed by atoms with Gasteiger partial charge in [-0.15, -0.1) is 0 Å². The molecular formula is C38H48O6Si2. The van der Waals surface area contributed by atoms with Crippen LogP contribution in [0.4, 0.5) is 0 Å². The Hall–Kier alpha value is -2.93. The van der Waals surface area contributed by atoms with E-state index in [1.54, 1.807) is 0 Å². The van der Waals surface area contributed by atoms with Crippen LogP contribution in [0.25, 0.3) is 0 Å². The lowest BCUT2D eigenvalue weighted by Gasteiger charge is -2.53. The predicted octanol–water partition coefficient (Wildman–Crippen LogP) is 3.95. The number of hydrogen-bond donors (Lipinski definition) is 3. The maximum absolute atomic E-state index is 11.9. The molecule has 0 saturated carbocycles. The molecule has 6 nitrogen and oxygen atoms in total. The van der Waals surface area contributed by atoms with Crippen molar-refractivity contribution in [2.75, 3.05) is 6.61 Å². The molecular weight excluding hydrogens is 609 g/mol. The van der Waals surface area contributed by atoms with Crippen LogP contribution >= 0.6 is 0 Å². The second kappa shape index (κ2) is 13.7. The van der Waals surface area contributed by atoms with Crippen LogP contribution in [0.5, 0.6) is 0 Å².